The number of anilines is 1. The Labute approximate surface area is 123 Å². The molecule has 2 aliphatic rings. The minimum absolute atomic E-state index is 0.00807. The fourth-order valence-electron chi connectivity index (χ4n) is 2.49. The highest BCUT2D eigenvalue weighted by Crippen LogP contribution is 2.61. The summed E-state index contributed by atoms with van der Waals surface area (Å²) in [5, 5.41) is 0. The molecule has 10 nitrogen and oxygen atoms in total. The van der Waals surface area contributed by atoms with Crippen LogP contribution in [-0.4, -0.2) is 37.6 Å². The van der Waals surface area contributed by atoms with E-state index in [1.807, 2.05) is 0 Å². The second-order valence-electron chi connectivity index (χ2n) is 5.40. The monoisotopic (exact) mass is 325 g/mol. The summed E-state index contributed by atoms with van der Waals surface area (Å²) in [4.78, 5) is 31.4. The lowest BCUT2D eigenvalue weighted by Crippen LogP contribution is -2.22. The average molecular weight is 325 g/mol. The van der Waals surface area contributed by atoms with Gasteiger partial charge >= 0.3 is 7.82 Å². The summed E-state index contributed by atoms with van der Waals surface area (Å²) in [6.45, 7) is 0.241. The number of phosphoric ester groups is 1. The molecule has 22 heavy (non-hydrogen) atoms. The van der Waals surface area contributed by atoms with Crippen LogP contribution in [0, 0.1) is 5.41 Å². The lowest BCUT2D eigenvalue weighted by atomic mass is 10.1. The number of aromatic amines is 1. The number of nitrogens with zero attached hydrogens (tertiary/aromatic N) is 3. The molecule has 3 heterocycles. The fraction of sp³-hybridized carbons (Fsp3) is 0.364. The quantitative estimate of drug-likeness (QED) is 0.625. The zero-order chi connectivity index (χ0) is 15.5. The van der Waals surface area contributed by atoms with Gasteiger partial charge in [-0.25, -0.2) is 9.55 Å². The molecular formula is C11H12N5O5P. The van der Waals surface area contributed by atoms with Gasteiger partial charge in [0.25, 0.3) is 5.56 Å². The Hall–Kier alpha value is -2.00. The van der Waals surface area contributed by atoms with E-state index in [0.717, 1.165) is 5.57 Å². The molecule has 116 valence electrons. The number of nitrogens with one attached hydrogen (secondary N) is 1. The third-order valence-electron chi connectivity index (χ3n) is 3.84. The van der Waals surface area contributed by atoms with Crippen LogP contribution in [0.15, 0.2) is 16.7 Å². The number of imidazole rings is 1. The van der Waals surface area contributed by atoms with Crippen LogP contribution in [0.1, 0.15) is 6.42 Å². The molecule has 4 rings (SSSR count). The van der Waals surface area contributed by atoms with Crippen LogP contribution in [0.5, 0.6) is 0 Å². The predicted octanol–water partition coefficient (Wildman–Crippen LogP) is 0.0800. The zero-order valence-corrected chi connectivity index (χ0v) is 12.1. The smallest absolute Gasteiger partial charge is 0.369 e. The molecule has 2 fully saturated rings. The van der Waals surface area contributed by atoms with Gasteiger partial charge in [-0.05, 0) is 12.0 Å². The van der Waals surface area contributed by atoms with Gasteiger partial charge in [0.1, 0.15) is 6.33 Å². The Balaban J connectivity index is 1.68. The number of aromatic nitrogens is 4. The number of fused-ring (bicyclic) bond motifs is 1. The van der Waals surface area contributed by atoms with Gasteiger partial charge in [-0.2, -0.15) is 4.98 Å². The van der Waals surface area contributed by atoms with Crippen LogP contribution in [0.25, 0.3) is 17.4 Å². The van der Waals surface area contributed by atoms with Crippen molar-refractivity contribution in [2.45, 2.75) is 6.42 Å². The molecule has 0 bridgehead atoms. The summed E-state index contributed by atoms with van der Waals surface area (Å²) in [5.74, 6) is 0.00807. The molecule has 0 amide bonds. The van der Waals surface area contributed by atoms with Crippen LogP contribution >= 0.6 is 7.82 Å². The van der Waals surface area contributed by atoms with Crippen molar-refractivity contribution in [3.63, 3.8) is 0 Å². The first-order chi connectivity index (χ1) is 10.4. The first kappa shape index (κ1) is 13.6. The largest absolute Gasteiger partial charge is 0.472 e. The van der Waals surface area contributed by atoms with Crippen molar-refractivity contribution in [2.75, 3.05) is 18.9 Å². The molecule has 4 N–H and O–H groups in total. The molecule has 2 aromatic heterocycles. The number of H-pyrrole nitrogens is 1. The minimum atomic E-state index is -3.90. The minimum Gasteiger partial charge on any atom is -0.369 e. The SMILES string of the molecule is Nc1nc2c(ncn2/C=C2/CC23COP(=O)(O)OC3)c(=O)[nH]1. The molecule has 1 spiro atoms. The number of nitrogen functional groups attached to an aromatic ring is 1. The van der Waals surface area contributed by atoms with Crippen LogP contribution in [0.2, 0.25) is 0 Å². The molecule has 0 atom stereocenters. The van der Waals surface area contributed by atoms with Crippen molar-refractivity contribution < 1.29 is 18.5 Å². The van der Waals surface area contributed by atoms with Gasteiger partial charge in [0.2, 0.25) is 5.95 Å². The van der Waals surface area contributed by atoms with Crippen molar-refractivity contribution in [3.05, 3.63) is 22.3 Å². The average Bonchev–Trinajstić information content (AvgIpc) is 2.96. The van der Waals surface area contributed by atoms with E-state index in [0.29, 0.717) is 12.1 Å². The van der Waals surface area contributed by atoms with E-state index < -0.39 is 13.4 Å². The summed E-state index contributed by atoms with van der Waals surface area (Å²) in [5.41, 5.74) is 6.25. The molecule has 0 radical (unpaired) electrons. The summed E-state index contributed by atoms with van der Waals surface area (Å²) in [6.07, 6.45) is 3.90. The highest BCUT2D eigenvalue weighted by molar-refractivity contribution is 7.47. The maximum absolute atomic E-state index is 11.7. The highest BCUT2D eigenvalue weighted by Gasteiger charge is 2.54. The summed E-state index contributed by atoms with van der Waals surface area (Å²) >= 11 is 0. The summed E-state index contributed by atoms with van der Waals surface area (Å²) in [7, 11) is -3.90. The van der Waals surface area contributed by atoms with E-state index in [9.17, 15) is 14.3 Å². The van der Waals surface area contributed by atoms with Crippen molar-refractivity contribution in [3.8, 4) is 0 Å². The summed E-state index contributed by atoms with van der Waals surface area (Å²) < 4.78 is 22.5. The van der Waals surface area contributed by atoms with E-state index >= 15 is 0 Å². The molecule has 0 unspecified atom stereocenters. The Bertz CT molecular complexity index is 903. The van der Waals surface area contributed by atoms with Gasteiger partial charge in [0, 0.05) is 11.6 Å². The van der Waals surface area contributed by atoms with Crippen molar-refractivity contribution in [1.29, 1.82) is 0 Å². The van der Waals surface area contributed by atoms with Crippen LogP contribution in [0.4, 0.5) is 5.95 Å². The van der Waals surface area contributed by atoms with Crippen molar-refractivity contribution in [2.24, 2.45) is 5.41 Å². The number of hydrogen-bond donors (Lipinski definition) is 3. The van der Waals surface area contributed by atoms with Crippen molar-refractivity contribution >= 4 is 31.1 Å². The van der Waals surface area contributed by atoms with Gasteiger partial charge in [-0.1, -0.05) is 0 Å². The van der Waals surface area contributed by atoms with E-state index in [4.69, 9.17) is 14.8 Å². The Morgan fingerprint density at radius 3 is 2.95 bits per heavy atom. The number of phosphoric acid groups is 1. The summed E-state index contributed by atoms with van der Waals surface area (Å²) in [6, 6.07) is 0. The van der Waals surface area contributed by atoms with E-state index in [2.05, 4.69) is 15.0 Å². The van der Waals surface area contributed by atoms with Gasteiger partial charge in [0.05, 0.1) is 13.2 Å². The fourth-order valence-corrected chi connectivity index (χ4v) is 3.38. The molecule has 11 heteroatoms. The topological polar surface area (TPSA) is 145 Å². The van der Waals surface area contributed by atoms with Gasteiger partial charge in [-0.15, -0.1) is 0 Å². The Kier molecular flexibility index (Phi) is 2.64. The highest BCUT2D eigenvalue weighted by atomic mass is 31.2. The van der Waals surface area contributed by atoms with E-state index in [1.165, 1.54) is 6.33 Å². The first-order valence-electron chi connectivity index (χ1n) is 6.44. The zero-order valence-electron chi connectivity index (χ0n) is 11.2. The molecule has 1 aliphatic carbocycles. The molecule has 0 aromatic carbocycles. The number of nitrogens with two attached hydrogens (primary N) is 1. The lowest BCUT2D eigenvalue weighted by molar-refractivity contribution is 0.0526. The van der Waals surface area contributed by atoms with Gasteiger partial charge in [0.15, 0.2) is 11.2 Å². The molecular weight excluding hydrogens is 313 g/mol. The molecule has 1 saturated heterocycles. The third kappa shape index (κ3) is 2.08. The van der Waals surface area contributed by atoms with E-state index in [-0.39, 0.29) is 30.1 Å². The third-order valence-corrected chi connectivity index (χ3v) is 4.75. The molecule has 1 saturated carbocycles. The maximum Gasteiger partial charge on any atom is 0.472 e. The Morgan fingerprint density at radius 1 is 1.50 bits per heavy atom. The molecule has 2 aromatic rings. The first-order valence-corrected chi connectivity index (χ1v) is 7.94. The second kappa shape index (κ2) is 4.26. The number of rotatable bonds is 1. The van der Waals surface area contributed by atoms with Crippen LogP contribution in [0.3, 0.4) is 0 Å². The van der Waals surface area contributed by atoms with Gasteiger partial charge in [-0.3, -0.25) is 23.4 Å². The van der Waals surface area contributed by atoms with Gasteiger partial charge < -0.3 is 10.6 Å². The second-order valence-corrected chi connectivity index (χ2v) is 6.86. The normalized spacial score (nSPS) is 32.9. The molecule has 1 aliphatic heterocycles. The van der Waals surface area contributed by atoms with Crippen molar-refractivity contribution in [1.82, 2.24) is 19.5 Å². The lowest BCUT2D eigenvalue weighted by Gasteiger charge is -2.24. The predicted molar refractivity (Wildman–Crippen MR) is 75.6 cm³/mol. The number of hydrogen-bond acceptors (Lipinski definition) is 7. The Morgan fingerprint density at radius 2 is 2.23 bits per heavy atom. The van der Waals surface area contributed by atoms with Crippen LogP contribution in [-0.2, 0) is 13.6 Å². The standard InChI is InChI=1S/C11H12N5O5P/c12-10-14-8-7(9(17)15-10)13-5-16(8)2-6-1-11(6)3-20-22(18,19)21-4-11/h2,5H,1,3-4H2,(H,18,19)(H3,12,14,15,17)/b6-2-. The van der Waals surface area contributed by atoms with E-state index in [1.54, 1.807) is 10.8 Å². The van der Waals surface area contributed by atoms with Crippen LogP contribution < -0.4 is 11.3 Å². The maximum atomic E-state index is 11.7.